The molecule has 1 saturated heterocycles. The van der Waals surface area contributed by atoms with Crippen molar-refractivity contribution in [2.75, 3.05) is 19.8 Å². The topological polar surface area (TPSA) is 80.9 Å². The Kier molecular flexibility index (Phi) is 4.12. The van der Waals surface area contributed by atoms with E-state index in [2.05, 4.69) is 15.0 Å². The van der Waals surface area contributed by atoms with Crippen LogP contribution in [0.4, 0.5) is 0 Å². The summed E-state index contributed by atoms with van der Waals surface area (Å²) in [6.07, 6.45) is 1.07. The van der Waals surface area contributed by atoms with E-state index in [1.165, 1.54) is 0 Å². The SMILES string of the molecule is Cc1noc([C@H]2C[C@H](O)CN2Cc2cccc3c2OCCCO3)n1. The van der Waals surface area contributed by atoms with Crippen LogP contribution in [-0.4, -0.2) is 46.0 Å². The molecule has 0 amide bonds. The maximum absolute atomic E-state index is 10.1. The number of aromatic nitrogens is 2. The number of likely N-dealkylation sites (tertiary alicyclic amines) is 1. The first kappa shape index (κ1) is 15.4. The highest BCUT2D eigenvalue weighted by Gasteiger charge is 2.36. The van der Waals surface area contributed by atoms with Crippen molar-refractivity contribution in [3.63, 3.8) is 0 Å². The lowest BCUT2D eigenvalue weighted by atomic mass is 10.1. The third-order valence-corrected chi connectivity index (χ3v) is 4.44. The Morgan fingerprint density at radius 2 is 2.17 bits per heavy atom. The number of β-amino-alcohol motifs (C(OH)–C–C–N with tert-alkyl or cyclic N) is 1. The molecule has 2 aliphatic heterocycles. The summed E-state index contributed by atoms with van der Waals surface area (Å²) in [7, 11) is 0. The van der Waals surface area contributed by atoms with E-state index in [1.807, 2.05) is 18.2 Å². The van der Waals surface area contributed by atoms with Gasteiger partial charge in [-0.3, -0.25) is 4.90 Å². The molecule has 24 heavy (non-hydrogen) atoms. The summed E-state index contributed by atoms with van der Waals surface area (Å²) in [6.45, 7) is 4.32. The largest absolute Gasteiger partial charge is 0.490 e. The van der Waals surface area contributed by atoms with Crippen LogP contribution in [0.25, 0.3) is 0 Å². The average molecular weight is 331 g/mol. The van der Waals surface area contributed by atoms with Gasteiger partial charge in [0.15, 0.2) is 17.3 Å². The van der Waals surface area contributed by atoms with Crippen LogP contribution in [0, 0.1) is 6.92 Å². The second kappa shape index (κ2) is 6.41. The molecule has 0 spiro atoms. The van der Waals surface area contributed by atoms with E-state index in [0.717, 1.165) is 23.5 Å². The van der Waals surface area contributed by atoms with Gasteiger partial charge in [0.2, 0.25) is 5.89 Å². The lowest BCUT2D eigenvalue weighted by Gasteiger charge is -2.23. The molecular formula is C17H21N3O4. The van der Waals surface area contributed by atoms with Gasteiger partial charge >= 0.3 is 0 Å². The van der Waals surface area contributed by atoms with Gasteiger partial charge in [-0.15, -0.1) is 0 Å². The first-order chi connectivity index (χ1) is 11.7. The molecule has 0 saturated carbocycles. The summed E-state index contributed by atoms with van der Waals surface area (Å²) in [4.78, 5) is 6.49. The molecule has 0 radical (unpaired) electrons. The van der Waals surface area contributed by atoms with Gasteiger partial charge < -0.3 is 19.1 Å². The van der Waals surface area contributed by atoms with Crippen molar-refractivity contribution in [1.82, 2.24) is 15.0 Å². The molecule has 7 nitrogen and oxygen atoms in total. The Balaban J connectivity index is 1.60. The van der Waals surface area contributed by atoms with Crippen LogP contribution >= 0.6 is 0 Å². The molecule has 4 rings (SSSR count). The number of para-hydroxylation sites is 1. The number of aliphatic hydroxyl groups is 1. The molecule has 1 aromatic carbocycles. The second-order valence-electron chi connectivity index (χ2n) is 6.31. The maximum atomic E-state index is 10.1. The number of benzene rings is 1. The van der Waals surface area contributed by atoms with Gasteiger partial charge in [-0.1, -0.05) is 17.3 Å². The quantitative estimate of drug-likeness (QED) is 0.919. The van der Waals surface area contributed by atoms with Gasteiger partial charge in [0, 0.05) is 25.1 Å². The molecule has 1 aromatic heterocycles. The first-order valence-electron chi connectivity index (χ1n) is 8.30. The zero-order valence-electron chi connectivity index (χ0n) is 13.6. The van der Waals surface area contributed by atoms with Crippen LogP contribution in [0.5, 0.6) is 11.5 Å². The smallest absolute Gasteiger partial charge is 0.244 e. The minimum absolute atomic E-state index is 0.0799. The van der Waals surface area contributed by atoms with E-state index in [-0.39, 0.29) is 6.04 Å². The molecule has 0 aliphatic carbocycles. The zero-order chi connectivity index (χ0) is 16.5. The second-order valence-corrected chi connectivity index (χ2v) is 6.31. The van der Waals surface area contributed by atoms with Crippen molar-refractivity contribution in [1.29, 1.82) is 0 Å². The predicted molar refractivity (Wildman–Crippen MR) is 84.9 cm³/mol. The van der Waals surface area contributed by atoms with Crippen molar-refractivity contribution in [2.24, 2.45) is 0 Å². The summed E-state index contributed by atoms with van der Waals surface area (Å²) in [5, 5.41) is 14.0. The molecule has 2 aliphatic rings. The Bertz CT molecular complexity index is 718. The highest BCUT2D eigenvalue weighted by molar-refractivity contribution is 5.47. The van der Waals surface area contributed by atoms with E-state index in [9.17, 15) is 5.11 Å². The average Bonchev–Trinajstić information content (AvgIpc) is 3.05. The number of aliphatic hydroxyl groups excluding tert-OH is 1. The number of ether oxygens (including phenoxy) is 2. The van der Waals surface area contributed by atoms with Crippen molar-refractivity contribution < 1.29 is 19.1 Å². The van der Waals surface area contributed by atoms with Crippen molar-refractivity contribution in [3.8, 4) is 11.5 Å². The van der Waals surface area contributed by atoms with Gasteiger partial charge in [0.1, 0.15) is 0 Å². The summed E-state index contributed by atoms with van der Waals surface area (Å²) < 4.78 is 17.0. The molecular weight excluding hydrogens is 310 g/mol. The summed E-state index contributed by atoms with van der Waals surface area (Å²) >= 11 is 0. The van der Waals surface area contributed by atoms with Crippen LogP contribution in [0.15, 0.2) is 22.7 Å². The van der Waals surface area contributed by atoms with E-state index >= 15 is 0 Å². The lowest BCUT2D eigenvalue weighted by Crippen LogP contribution is -2.25. The molecule has 128 valence electrons. The number of fused-ring (bicyclic) bond motifs is 1. The minimum Gasteiger partial charge on any atom is -0.490 e. The number of hydrogen-bond acceptors (Lipinski definition) is 7. The van der Waals surface area contributed by atoms with Gasteiger partial charge in [0.25, 0.3) is 0 Å². The lowest BCUT2D eigenvalue weighted by molar-refractivity contribution is 0.168. The van der Waals surface area contributed by atoms with Crippen molar-refractivity contribution >= 4 is 0 Å². The fourth-order valence-corrected chi connectivity index (χ4v) is 3.36. The van der Waals surface area contributed by atoms with Gasteiger partial charge in [0.05, 0.1) is 25.4 Å². The molecule has 2 atom stereocenters. The van der Waals surface area contributed by atoms with E-state index < -0.39 is 6.10 Å². The third-order valence-electron chi connectivity index (χ3n) is 4.44. The van der Waals surface area contributed by atoms with Crippen LogP contribution in [0.3, 0.4) is 0 Å². The molecule has 2 aromatic rings. The fraction of sp³-hybridized carbons (Fsp3) is 0.529. The Morgan fingerprint density at radius 1 is 1.29 bits per heavy atom. The number of aryl methyl sites for hydroxylation is 1. The molecule has 1 N–H and O–H groups in total. The number of nitrogens with zero attached hydrogens (tertiary/aromatic N) is 3. The monoisotopic (exact) mass is 331 g/mol. The van der Waals surface area contributed by atoms with Crippen LogP contribution in [0.2, 0.25) is 0 Å². The van der Waals surface area contributed by atoms with Crippen molar-refractivity contribution in [3.05, 3.63) is 35.5 Å². The highest BCUT2D eigenvalue weighted by atomic mass is 16.5. The van der Waals surface area contributed by atoms with Gasteiger partial charge in [-0.05, 0) is 19.4 Å². The van der Waals surface area contributed by atoms with Gasteiger partial charge in [-0.25, -0.2) is 0 Å². The van der Waals surface area contributed by atoms with E-state index in [0.29, 0.717) is 44.4 Å². The highest BCUT2D eigenvalue weighted by Crippen LogP contribution is 2.38. The van der Waals surface area contributed by atoms with E-state index in [1.54, 1.807) is 6.92 Å². The normalized spacial score (nSPS) is 24.1. The first-order valence-corrected chi connectivity index (χ1v) is 8.30. The predicted octanol–water partition coefficient (Wildman–Crippen LogP) is 1.85. The van der Waals surface area contributed by atoms with Crippen LogP contribution in [-0.2, 0) is 6.54 Å². The third kappa shape index (κ3) is 2.97. The van der Waals surface area contributed by atoms with Crippen molar-refractivity contribution in [2.45, 2.75) is 38.5 Å². The maximum Gasteiger partial charge on any atom is 0.244 e. The summed E-state index contributed by atoms with van der Waals surface area (Å²) in [5.41, 5.74) is 1.05. The van der Waals surface area contributed by atoms with E-state index in [4.69, 9.17) is 14.0 Å². The van der Waals surface area contributed by atoms with Crippen LogP contribution < -0.4 is 9.47 Å². The molecule has 0 unspecified atom stereocenters. The zero-order valence-corrected chi connectivity index (χ0v) is 13.6. The summed E-state index contributed by atoms with van der Waals surface area (Å²) in [6, 6.07) is 5.86. The fourth-order valence-electron chi connectivity index (χ4n) is 3.36. The Hall–Kier alpha value is -2.12. The molecule has 1 fully saturated rings. The number of hydrogen-bond donors (Lipinski definition) is 1. The molecule has 3 heterocycles. The Labute approximate surface area is 140 Å². The van der Waals surface area contributed by atoms with Crippen LogP contribution in [0.1, 0.15) is 36.2 Å². The summed E-state index contributed by atoms with van der Waals surface area (Å²) in [5.74, 6) is 2.76. The van der Waals surface area contributed by atoms with Gasteiger partial charge in [-0.2, -0.15) is 4.98 Å². The number of rotatable bonds is 3. The minimum atomic E-state index is -0.401. The molecule has 0 bridgehead atoms. The molecule has 7 heteroatoms. The standard InChI is InChI=1S/C17H21N3O4/c1-11-18-17(24-19-11)14-8-13(21)10-20(14)9-12-4-2-5-15-16(12)23-7-3-6-22-15/h2,4-5,13-14,21H,3,6-10H2,1H3/t13-,14+/m0/s1. The Morgan fingerprint density at radius 3 is 3.00 bits per heavy atom.